The van der Waals surface area contributed by atoms with Gasteiger partial charge in [0.05, 0.1) is 12.0 Å². The monoisotopic (exact) mass is 380 g/mol. The van der Waals surface area contributed by atoms with Crippen LogP contribution in [-0.4, -0.2) is 52.1 Å². The molecule has 0 aromatic heterocycles. The van der Waals surface area contributed by atoms with Crippen LogP contribution >= 0.6 is 0 Å². The van der Waals surface area contributed by atoms with Crippen molar-refractivity contribution in [3.8, 4) is 0 Å². The molecule has 1 heterocycles. The first-order valence-corrected chi connectivity index (χ1v) is 9.22. The highest BCUT2D eigenvalue weighted by molar-refractivity contribution is 6.12. The molecule has 0 aromatic carbocycles. The highest BCUT2D eigenvalue weighted by Gasteiger charge is 2.27. The summed E-state index contributed by atoms with van der Waals surface area (Å²) in [6, 6.07) is -0.704. The van der Waals surface area contributed by atoms with E-state index in [1.165, 1.54) is 19.1 Å². The van der Waals surface area contributed by atoms with Gasteiger partial charge in [0.15, 0.2) is 5.78 Å². The molecule has 8 nitrogen and oxygen atoms in total. The molecule has 0 unspecified atom stereocenters. The number of hydrogen-bond acceptors (Lipinski definition) is 5. The number of nitrogens with one attached hydrogen (secondary N) is 1. The first kappa shape index (κ1) is 22.5. The molecule has 150 valence electrons. The average Bonchev–Trinajstić information content (AvgIpc) is 2.90. The van der Waals surface area contributed by atoms with Gasteiger partial charge < -0.3 is 10.4 Å². The summed E-state index contributed by atoms with van der Waals surface area (Å²) >= 11 is 0. The van der Waals surface area contributed by atoms with Crippen molar-refractivity contribution in [3.05, 3.63) is 12.2 Å². The predicted octanol–water partition coefficient (Wildman–Crippen LogP) is 1.29. The van der Waals surface area contributed by atoms with Gasteiger partial charge in [0.2, 0.25) is 5.91 Å². The van der Waals surface area contributed by atoms with Crippen molar-refractivity contribution in [1.82, 2.24) is 10.2 Å². The largest absolute Gasteiger partial charge is 0.481 e. The minimum atomic E-state index is -1.04. The van der Waals surface area contributed by atoms with Crippen LogP contribution in [0.1, 0.15) is 52.9 Å². The van der Waals surface area contributed by atoms with Crippen LogP contribution in [0.2, 0.25) is 0 Å². The lowest BCUT2D eigenvalue weighted by atomic mass is 9.93. The number of aliphatic carboxylic acids is 1. The molecule has 0 fully saturated rings. The molecule has 0 aliphatic carbocycles. The molecule has 3 amide bonds. The first-order valence-electron chi connectivity index (χ1n) is 9.22. The third-order valence-electron chi connectivity index (χ3n) is 4.45. The Morgan fingerprint density at radius 2 is 1.63 bits per heavy atom. The maximum Gasteiger partial charge on any atom is 0.306 e. The summed E-state index contributed by atoms with van der Waals surface area (Å²) < 4.78 is 0. The lowest BCUT2D eigenvalue weighted by Gasteiger charge is -2.22. The van der Waals surface area contributed by atoms with Gasteiger partial charge in [-0.3, -0.25) is 28.9 Å². The number of carbonyl (C=O) groups is 5. The minimum absolute atomic E-state index is 0.121. The lowest BCUT2D eigenvalue weighted by molar-refractivity contribution is -0.143. The Morgan fingerprint density at radius 3 is 2.15 bits per heavy atom. The quantitative estimate of drug-likeness (QED) is 0.389. The summed E-state index contributed by atoms with van der Waals surface area (Å²) in [5.41, 5.74) is 0. The highest BCUT2D eigenvalue weighted by Crippen LogP contribution is 2.12. The summed E-state index contributed by atoms with van der Waals surface area (Å²) in [5.74, 6) is -3.14. The smallest absolute Gasteiger partial charge is 0.306 e. The van der Waals surface area contributed by atoms with E-state index < -0.39 is 17.9 Å². The summed E-state index contributed by atoms with van der Waals surface area (Å²) in [6.45, 7) is 5.38. The van der Waals surface area contributed by atoms with Gasteiger partial charge in [-0.15, -0.1) is 0 Å². The number of amides is 3. The topological polar surface area (TPSA) is 121 Å². The number of unbranched alkanes of at least 4 members (excludes halogenated alkanes) is 2. The van der Waals surface area contributed by atoms with E-state index in [0.29, 0.717) is 25.8 Å². The molecule has 8 heteroatoms. The van der Waals surface area contributed by atoms with Gasteiger partial charge in [0.25, 0.3) is 11.8 Å². The van der Waals surface area contributed by atoms with E-state index in [1.807, 2.05) is 0 Å². The van der Waals surface area contributed by atoms with E-state index >= 15 is 0 Å². The van der Waals surface area contributed by atoms with Crippen LogP contribution in [-0.2, 0) is 24.0 Å². The van der Waals surface area contributed by atoms with Crippen molar-refractivity contribution in [3.63, 3.8) is 0 Å². The zero-order valence-electron chi connectivity index (χ0n) is 16.1. The van der Waals surface area contributed by atoms with Crippen LogP contribution in [0.5, 0.6) is 0 Å². The van der Waals surface area contributed by atoms with Crippen LogP contribution in [0.25, 0.3) is 0 Å². The zero-order chi connectivity index (χ0) is 20.6. The molecule has 1 aliphatic rings. The number of ketones is 1. The van der Waals surface area contributed by atoms with Crippen molar-refractivity contribution in [2.45, 2.75) is 58.9 Å². The number of rotatable bonds is 12. The van der Waals surface area contributed by atoms with Crippen molar-refractivity contribution in [1.29, 1.82) is 0 Å². The SMILES string of the molecule is CC(C)[C@H](NC(=O)CCCCCN1C(=O)C=CC1=O)C(=O)C[C@@H](C)C(=O)O. The number of nitrogens with zero attached hydrogens (tertiary/aromatic N) is 1. The lowest BCUT2D eigenvalue weighted by Crippen LogP contribution is -2.45. The summed E-state index contributed by atoms with van der Waals surface area (Å²) in [6.07, 6.45) is 4.43. The molecule has 1 rings (SSSR count). The van der Waals surface area contributed by atoms with E-state index in [2.05, 4.69) is 5.32 Å². The second-order valence-corrected chi connectivity index (χ2v) is 7.17. The molecule has 0 saturated carbocycles. The molecular formula is C19H28N2O6. The van der Waals surface area contributed by atoms with Crippen molar-refractivity contribution in [2.24, 2.45) is 11.8 Å². The van der Waals surface area contributed by atoms with E-state index in [4.69, 9.17) is 5.11 Å². The Kier molecular flexibility index (Phi) is 8.84. The maximum atomic E-state index is 12.3. The fourth-order valence-corrected chi connectivity index (χ4v) is 2.76. The fourth-order valence-electron chi connectivity index (χ4n) is 2.76. The van der Waals surface area contributed by atoms with Gasteiger partial charge in [-0.1, -0.05) is 27.2 Å². The number of carboxylic acid groups (broad SMARTS) is 1. The predicted molar refractivity (Wildman–Crippen MR) is 97.5 cm³/mol. The molecule has 0 spiro atoms. The second kappa shape index (κ2) is 10.6. The zero-order valence-corrected chi connectivity index (χ0v) is 16.1. The third kappa shape index (κ3) is 7.32. The van der Waals surface area contributed by atoms with Gasteiger partial charge in [0.1, 0.15) is 0 Å². The average molecular weight is 380 g/mol. The molecule has 2 N–H and O–H groups in total. The van der Waals surface area contributed by atoms with Crippen LogP contribution in [0.15, 0.2) is 12.2 Å². The van der Waals surface area contributed by atoms with Crippen molar-refractivity contribution < 1.29 is 29.1 Å². The Balaban J connectivity index is 2.33. The minimum Gasteiger partial charge on any atom is -0.481 e. The van der Waals surface area contributed by atoms with Crippen LogP contribution in [0.3, 0.4) is 0 Å². The van der Waals surface area contributed by atoms with E-state index in [0.717, 1.165) is 4.90 Å². The summed E-state index contributed by atoms with van der Waals surface area (Å²) in [5, 5.41) is 11.6. The first-order chi connectivity index (χ1) is 12.6. The van der Waals surface area contributed by atoms with Gasteiger partial charge in [-0.25, -0.2) is 0 Å². The molecule has 0 saturated heterocycles. The highest BCUT2D eigenvalue weighted by atomic mass is 16.4. The molecular weight excluding hydrogens is 352 g/mol. The molecule has 0 aromatic rings. The number of Topliss-reactive ketones (excluding diaryl/α,β-unsaturated/α-hetero) is 1. The van der Waals surface area contributed by atoms with E-state index in [1.54, 1.807) is 13.8 Å². The Labute approximate surface area is 159 Å². The second-order valence-electron chi connectivity index (χ2n) is 7.17. The standard InChI is InChI=1S/C19H28N2O6/c1-12(2)18(14(22)11-13(3)19(26)27)20-15(23)7-5-4-6-10-21-16(24)8-9-17(21)25/h8-9,12-13,18H,4-7,10-11H2,1-3H3,(H,20,23)(H,26,27)/t13-,18+/m1/s1. The number of imide groups is 1. The van der Waals surface area contributed by atoms with E-state index in [-0.39, 0.29) is 42.3 Å². The van der Waals surface area contributed by atoms with Gasteiger partial charge in [-0.05, 0) is 18.8 Å². The normalized spacial score (nSPS) is 15.9. The molecule has 27 heavy (non-hydrogen) atoms. The van der Waals surface area contributed by atoms with Crippen molar-refractivity contribution >= 4 is 29.5 Å². The van der Waals surface area contributed by atoms with Crippen molar-refractivity contribution in [2.75, 3.05) is 6.54 Å². The van der Waals surface area contributed by atoms with Crippen LogP contribution < -0.4 is 5.32 Å². The fraction of sp³-hybridized carbons (Fsp3) is 0.632. The Bertz CT molecular complexity index is 608. The van der Waals surface area contributed by atoms with E-state index in [9.17, 15) is 24.0 Å². The van der Waals surface area contributed by atoms with Gasteiger partial charge >= 0.3 is 5.97 Å². The Morgan fingerprint density at radius 1 is 1.04 bits per heavy atom. The maximum absolute atomic E-state index is 12.3. The third-order valence-corrected chi connectivity index (χ3v) is 4.45. The summed E-state index contributed by atoms with van der Waals surface area (Å²) in [4.78, 5) is 59.2. The number of carbonyl (C=O) groups excluding carboxylic acids is 4. The molecule has 0 bridgehead atoms. The number of carboxylic acids is 1. The van der Waals surface area contributed by atoms with Gasteiger partial charge in [0, 0.05) is 31.5 Å². The van der Waals surface area contributed by atoms with Crippen LogP contribution in [0, 0.1) is 11.8 Å². The Hall–Kier alpha value is -2.51. The molecule has 0 radical (unpaired) electrons. The molecule has 2 atom stereocenters. The summed E-state index contributed by atoms with van der Waals surface area (Å²) in [7, 11) is 0. The molecule has 1 aliphatic heterocycles. The number of hydrogen-bond donors (Lipinski definition) is 2. The van der Waals surface area contributed by atoms with Gasteiger partial charge in [-0.2, -0.15) is 0 Å². The van der Waals surface area contributed by atoms with Crippen LogP contribution in [0.4, 0.5) is 0 Å².